The summed E-state index contributed by atoms with van der Waals surface area (Å²) in [5, 5.41) is 0. The maximum Gasteiger partial charge on any atom is 0.160 e. The third-order valence-corrected chi connectivity index (χ3v) is 0.547. The van der Waals surface area contributed by atoms with Gasteiger partial charge in [0.1, 0.15) is 0 Å². The van der Waals surface area contributed by atoms with Crippen molar-refractivity contribution in [3.63, 3.8) is 0 Å². The van der Waals surface area contributed by atoms with Gasteiger partial charge in [-0.3, -0.25) is 4.84 Å². The van der Waals surface area contributed by atoms with Gasteiger partial charge in [0.25, 0.3) is 0 Å². The molecule has 0 unspecified atom stereocenters. The molecule has 2 radical (unpaired) electrons. The van der Waals surface area contributed by atoms with Crippen molar-refractivity contribution in [2.24, 2.45) is 0 Å². The van der Waals surface area contributed by atoms with Crippen molar-refractivity contribution >= 4 is 0 Å². The Morgan fingerprint density at radius 1 is 1.67 bits per heavy atom. The van der Waals surface area contributed by atoms with Crippen molar-refractivity contribution in [1.29, 1.82) is 0 Å². The SMILES string of the molecule is [C]1CCNNO1. The van der Waals surface area contributed by atoms with Gasteiger partial charge in [0, 0.05) is 6.54 Å². The summed E-state index contributed by atoms with van der Waals surface area (Å²) < 4.78 is 0. The number of rotatable bonds is 0. The smallest absolute Gasteiger partial charge is 0.160 e. The predicted octanol–water partition coefficient (Wildman–Crippen LogP) is -0.545. The molecule has 1 rings (SSSR count). The van der Waals surface area contributed by atoms with Crippen LogP contribution in [0.25, 0.3) is 0 Å². The third-order valence-electron chi connectivity index (χ3n) is 0.547. The van der Waals surface area contributed by atoms with Crippen LogP contribution in [-0.4, -0.2) is 6.54 Å². The summed E-state index contributed by atoms with van der Waals surface area (Å²) in [7, 11) is 0. The third kappa shape index (κ3) is 0.931. The van der Waals surface area contributed by atoms with Crippen molar-refractivity contribution in [2.45, 2.75) is 6.42 Å². The van der Waals surface area contributed by atoms with Gasteiger partial charge in [0.15, 0.2) is 6.61 Å². The van der Waals surface area contributed by atoms with Gasteiger partial charge in [0.05, 0.1) is 0 Å². The first-order chi connectivity index (χ1) is 3.00. The fourth-order valence-electron chi connectivity index (χ4n) is 0.288. The van der Waals surface area contributed by atoms with Gasteiger partial charge in [0.2, 0.25) is 0 Å². The Morgan fingerprint density at radius 3 is 2.83 bits per heavy atom. The average Bonchev–Trinajstić information content (AvgIpc) is 1.72. The van der Waals surface area contributed by atoms with E-state index in [1.165, 1.54) is 0 Å². The number of nitrogens with one attached hydrogen (secondary N) is 2. The zero-order chi connectivity index (χ0) is 4.24. The van der Waals surface area contributed by atoms with Crippen LogP contribution in [0.15, 0.2) is 0 Å². The standard InChI is InChI=1S/C3H6N2O/c1-2-4-5-6-3-1/h4-5H,1-2H2. The molecule has 0 aromatic carbocycles. The first-order valence-electron chi connectivity index (χ1n) is 1.87. The monoisotopic (exact) mass is 86.0 g/mol. The van der Waals surface area contributed by atoms with Crippen LogP contribution in [0.3, 0.4) is 0 Å². The summed E-state index contributed by atoms with van der Waals surface area (Å²) in [6.45, 7) is 3.51. The van der Waals surface area contributed by atoms with E-state index in [4.69, 9.17) is 0 Å². The van der Waals surface area contributed by atoms with Gasteiger partial charge in [-0.1, -0.05) is 0 Å². The lowest BCUT2D eigenvalue weighted by atomic mass is 10.5. The summed E-state index contributed by atoms with van der Waals surface area (Å²) in [6.07, 6.45) is 0.854. The van der Waals surface area contributed by atoms with Crippen molar-refractivity contribution in [3.8, 4) is 0 Å². The zero-order valence-electron chi connectivity index (χ0n) is 3.32. The molecular formula is C3H6N2O. The number of hydrazine groups is 1. The largest absolute Gasteiger partial charge is 0.274 e. The lowest BCUT2D eigenvalue weighted by Crippen LogP contribution is -2.36. The summed E-state index contributed by atoms with van der Waals surface area (Å²) in [5.74, 6) is 0. The van der Waals surface area contributed by atoms with E-state index < -0.39 is 0 Å². The van der Waals surface area contributed by atoms with E-state index in [1.54, 1.807) is 0 Å². The van der Waals surface area contributed by atoms with Gasteiger partial charge in [-0.25, -0.2) is 5.43 Å². The normalized spacial score (nSPS) is 24.0. The molecular weight excluding hydrogens is 80.0 g/mol. The zero-order valence-corrected chi connectivity index (χ0v) is 3.32. The van der Waals surface area contributed by atoms with E-state index in [1.807, 2.05) is 0 Å². The van der Waals surface area contributed by atoms with Crippen molar-refractivity contribution in [3.05, 3.63) is 6.61 Å². The highest BCUT2D eigenvalue weighted by Gasteiger charge is 1.94. The van der Waals surface area contributed by atoms with Crippen LogP contribution in [-0.2, 0) is 4.84 Å². The van der Waals surface area contributed by atoms with E-state index >= 15 is 0 Å². The lowest BCUT2D eigenvalue weighted by molar-refractivity contribution is 0.0283. The molecule has 0 spiro atoms. The Labute approximate surface area is 36.6 Å². The van der Waals surface area contributed by atoms with Gasteiger partial charge < -0.3 is 0 Å². The fraction of sp³-hybridized carbons (Fsp3) is 0.667. The van der Waals surface area contributed by atoms with Gasteiger partial charge in [-0.2, -0.15) is 0 Å². The highest BCUT2D eigenvalue weighted by Crippen LogP contribution is 1.86. The van der Waals surface area contributed by atoms with Crippen LogP contribution >= 0.6 is 0 Å². The first-order valence-corrected chi connectivity index (χ1v) is 1.87. The fourth-order valence-corrected chi connectivity index (χ4v) is 0.288. The molecule has 2 N–H and O–H groups in total. The van der Waals surface area contributed by atoms with E-state index in [2.05, 4.69) is 22.5 Å². The second kappa shape index (κ2) is 2.12. The van der Waals surface area contributed by atoms with Crippen LogP contribution in [0.5, 0.6) is 0 Å². The topological polar surface area (TPSA) is 33.3 Å². The highest BCUT2D eigenvalue weighted by molar-refractivity contribution is 4.53. The molecule has 1 aliphatic heterocycles. The van der Waals surface area contributed by atoms with Crippen molar-refractivity contribution in [1.82, 2.24) is 11.0 Å². The van der Waals surface area contributed by atoms with Gasteiger partial charge in [-0.15, -0.1) is 5.59 Å². The highest BCUT2D eigenvalue weighted by atomic mass is 16.7. The molecule has 0 saturated carbocycles. The molecule has 1 aliphatic rings. The van der Waals surface area contributed by atoms with Crippen molar-refractivity contribution in [2.75, 3.05) is 6.54 Å². The molecule has 34 valence electrons. The quantitative estimate of drug-likeness (QED) is 0.415. The Kier molecular flexibility index (Phi) is 1.43. The second-order valence-corrected chi connectivity index (χ2v) is 1.03. The molecule has 3 heteroatoms. The van der Waals surface area contributed by atoms with Crippen molar-refractivity contribution < 1.29 is 4.84 Å². The van der Waals surface area contributed by atoms with E-state index in [9.17, 15) is 0 Å². The maximum absolute atomic E-state index is 4.46. The predicted molar refractivity (Wildman–Crippen MR) is 20.1 cm³/mol. The molecule has 0 aromatic rings. The molecule has 1 heterocycles. The van der Waals surface area contributed by atoms with E-state index in [0.717, 1.165) is 13.0 Å². The molecule has 0 aliphatic carbocycles. The molecule has 0 atom stereocenters. The molecule has 1 saturated heterocycles. The first kappa shape index (κ1) is 4.05. The van der Waals surface area contributed by atoms with Gasteiger partial charge >= 0.3 is 0 Å². The van der Waals surface area contributed by atoms with E-state index in [0.29, 0.717) is 0 Å². The van der Waals surface area contributed by atoms with Gasteiger partial charge in [-0.05, 0) is 6.42 Å². The number of hydrogen-bond acceptors (Lipinski definition) is 3. The minimum absolute atomic E-state index is 0.854. The number of hydrogen-bond donors (Lipinski definition) is 2. The van der Waals surface area contributed by atoms with Crippen LogP contribution in [0.4, 0.5) is 0 Å². The minimum Gasteiger partial charge on any atom is -0.274 e. The van der Waals surface area contributed by atoms with Crippen LogP contribution in [0, 0.1) is 6.61 Å². The summed E-state index contributed by atoms with van der Waals surface area (Å²) in [6, 6.07) is 0. The Bertz CT molecular complexity index is 24.3. The maximum atomic E-state index is 4.46. The Hall–Kier alpha value is -0.120. The molecule has 0 bridgehead atoms. The molecule has 1 fully saturated rings. The van der Waals surface area contributed by atoms with Crippen LogP contribution < -0.4 is 11.0 Å². The van der Waals surface area contributed by atoms with Crippen LogP contribution in [0.2, 0.25) is 0 Å². The molecule has 0 amide bonds. The summed E-state index contributed by atoms with van der Waals surface area (Å²) in [4.78, 5) is 4.46. The second-order valence-electron chi connectivity index (χ2n) is 1.03. The average molecular weight is 86.1 g/mol. The Balaban J connectivity index is 2.00. The van der Waals surface area contributed by atoms with Crippen LogP contribution in [0.1, 0.15) is 6.42 Å². The summed E-state index contributed by atoms with van der Waals surface area (Å²) in [5.41, 5.74) is 5.17. The molecule has 3 nitrogen and oxygen atoms in total. The lowest BCUT2D eigenvalue weighted by Gasteiger charge is -2.09. The summed E-state index contributed by atoms with van der Waals surface area (Å²) >= 11 is 0. The van der Waals surface area contributed by atoms with E-state index in [-0.39, 0.29) is 0 Å². The minimum atomic E-state index is 0.854. The molecule has 6 heavy (non-hydrogen) atoms. The molecule has 0 aromatic heterocycles. The Morgan fingerprint density at radius 2 is 2.67 bits per heavy atom.